The van der Waals surface area contributed by atoms with E-state index in [2.05, 4.69) is 20.1 Å². The van der Waals surface area contributed by atoms with E-state index < -0.39 is 29.8 Å². The summed E-state index contributed by atoms with van der Waals surface area (Å²) < 4.78 is 14.7. The first-order chi connectivity index (χ1) is 13.2. The highest BCUT2D eigenvalue weighted by Gasteiger charge is 2.25. The van der Waals surface area contributed by atoms with Crippen molar-refractivity contribution in [2.24, 2.45) is 11.8 Å². The summed E-state index contributed by atoms with van der Waals surface area (Å²) in [5.74, 6) is -1.76. The zero-order valence-corrected chi connectivity index (χ0v) is 16.9. The molecular formula is C19H28N2O7. The van der Waals surface area contributed by atoms with Crippen LogP contribution in [0.1, 0.15) is 44.3 Å². The summed E-state index contributed by atoms with van der Waals surface area (Å²) in [6, 6.07) is 2.82. The first-order valence-corrected chi connectivity index (χ1v) is 8.95. The van der Waals surface area contributed by atoms with Crippen molar-refractivity contribution in [2.75, 3.05) is 20.8 Å². The predicted octanol–water partition coefficient (Wildman–Crippen LogP) is 1.26. The molecule has 0 fully saturated rings. The Morgan fingerprint density at radius 1 is 0.964 bits per heavy atom. The van der Waals surface area contributed by atoms with Crippen LogP contribution >= 0.6 is 0 Å². The van der Waals surface area contributed by atoms with E-state index in [0.717, 1.165) is 0 Å². The first-order valence-electron chi connectivity index (χ1n) is 8.95. The highest BCUT2D eigenvalue weighted by atomic mass is 16.5. The Labute approximate surface area is 164 Å². The molecule has 0 aliphatic heterocycles. The van der Waals surface area contributed by atoms with Crippen LogP contribution in [-0.4, -0.2) is 44.5 Å². The van der Waals surface area contributed by atoms with Gasteiger partial charge in [-0.3, -0.25) is 19.2 Å². The molecule has 1 aromatic rings. The summed E-state index contributed by atoms with van der Waals surface area (Å²) >= 11 is 0. The summed E-state index contributed by atoms with van der Waals surface area (Å²) in [5.41, 5.74) is 0. The normalized spacial score (nSPS) is 13.8. The molecule has 3 atom stereocenters. The van der Waals surface area contributed by atoms with Crippen LogP contribution in [0.2, 0.25) is 0 Å². The van der Waals surface area contributed by atoms with Gasteiger partial charge in [-0.1, -0.05) is 13.8 Å². The zero-order valence-electron chi connectivity index (χ0n) is 16.9. The molecule has 0 bridgehead atoms. The molecule has 1 rings (SSSR count). The van der Waals surface area contributed by atoms with Crippen LogP contribution in [0.25, 0.3) is 0 Å². The molecule has 156 valence electrons. The summed E-state index contributed by atoms with van der Waals surface area (Å²) in [6.45, 7) is 5.04. The van der Waals surface area contributed by atoms with Crippen LogP contribution in [0.3, 0.4) is 0 Å². The molecule has 0 saturated heterocycles. The minimum Gasteiger partial charge on any atom is -0.469 e. The van der Waals surface area contributed by atoms with E-state index >= 15 is 0 Å². The SMILES string of the molecule is COC(=O)C[C@@H](C)C(=O)N[C@@H](CNC(=O)[C@@H](C)CC(=O)OC)c1ccc(C)o1. The molecule has 0 aliphatic carbocycles. The highest BCUT2D eigenvalue weighted by molar-refractivity contribution is 5.84. The number of rotatable bonds is 10. The molecule has 0 aromatic carbocycles. The third-order valence-electron chi connectivity index (χ3n) is 4.20. The Bertz CT molecular complexity index is 698. The fourth-order valence-electron chi connectivity index (χ4n) is 2.41. The third kappa shape index (κ3) is 7.42. The number of esters is 2. The van der Waals surface area contributed by atoms with Crippen LogP contribution in [0.5, 0.6) is 0 Å². The number of hydrogen-bond acceptors (Lipinski definition) is 7. The lowest BCUT2D eigenvalue weighted by molar-refractivity contribution is -0.144. The van der Waals surface area contributed by atoms with Crippen molar-refractivity contribution < 1.29 is 33.1 Å². The van der Waals surface area contributed by atoms with Gasteiger partial charge < -0.3 is 24.5 Å². The minimum absolute atomic E-state index is 0.0462. The van der Waals surface area contributed by atoms with Gasteiger partial charge in [0, 0.05) is 18.4 Å². The number of carbonyl (C=O) groups excluding carboxylic acids is 4. The monoisotopic (exact) mass is 396 g/mol. The van der Waals surface area contributed by atoms with E-state index in [9.17, 15) is 19.2 Å². The van der Waals surface area contributed by atoms with Crippen molar-refractivity contribution in [3.8, 4) is 0 Å². The lowest BCUT2D eigenvalue weighted by atomic mass is 10.1. The summed E-state index contributed by atoms with van der Waals surface area (Å²) in [6.07, 6.45) is -0.107. The van der Waals surface area contributed by atoms with Crippen molar-refractivity contribution in [3.63, 3.8) is 0 Å². The Morgan fingerprint density at radius 3 is 1.96 bits per heavy atom. The number of nitrogens with one attached hydrogen (secondary N) is 2. The van der Waals surface area contributed by atoms with Gasteiger partial charge in [0.15, 0.2) is 0 Å². The van der Waals surface area contributed by atoms with E-state index in [-0.39, 0.29) is 31.2 Å². The highest BCUT2D eigenvalue weighted by Crippen LogP contribution is 2.17. The number of amides is 2. The van der Waals surface area contributed by atoms with Gasteiger partial charge in [0.1, 0.15) is 17.6 Å². The Kier molecular flexibility index (Phi) is 9.20. The van der Waals surface area contributed by atoms with Crippen LogP contribution in [0, 0.1) is 18.8 Å². The van der Waals surface area contributed by atoms with Crippen molar-refractivity contribution >= 4 is 23.8 Å². The van der Waals surface area contributed by atoms with E-state index in [1.54, 1.807) is 32.9 Å². The molecular weight excluding hydrogens is 368 g/mol. The number of hydrogen-bond donors (Lipinski definition) is 2. The van der Waals surface area contributed by atoms with Crippen LogP contribution < -0.4 is 10.6 Å². The lowest BCUT2D eigenvalue weighted by Gasteiger charge is -2.21. The van der Waals surface area contributed by atoms with Gasteiger partial charge in [-0.05, 0) is 19.1 Å². The molecule has 0 saturated carbocycles. The Balaban J connectivity index is 2.76. The third-order valence-corrected chi connectivity index (χ3v) is 4.20. The standard InChI is InChI=1S/C19H28N2O7/c1-11(8-16(22)26-4)18(24)20-10-14(15-7-6-13(3)28-15)21-19(25)12(2)9-17(23)27-5/h6-7,11-12,14H,8-10H2,1-5H3,(H,20,24)(H,21,25)/t11-,12+,14-/m0/s1. The number of carbonyl (C=O) groups is 4. The fraction of sp³-hybridized carbons (Fsp3) is 0.579. The van der Waals surface area contributed by atoms with E-state index in [1.807, 2.05) is 0 Å². The summed E-state index contributed by atoms with van der Waals surface area (Å²) in [7, 11) is 2.51. The second-order valence-corrected chi connectivity index (χ2v) is 6.62. The molecule has 2 amide bonds. The molecule has 0 spiro atoms. The average molecular weight is 396 g/mol. The molecule has 9 heteroatoms. The number of aryl methyl sites for hydroxylation is 1. The van der Waals surface area contributed by atoms with Gasteiger partial charge in [0.2, 0.25) is 11.8 Å². The van der Waals surface area contributed by atoms with Gasteiger partial charge >= 0.3 is 11.9 Å². The Morgan fingerprint density at radius 2 is 1.50 bits per heavy atom. The topological polar surface area (TPSA) is 124 Å². The zero-order chi connectivity index (χ0) is 21.3. The molecule has 1 heterocycles. The van der Waals surface area contributed by atoms with Crippen LogP contribution in [0.15, 0.2) is 16.5 Å². The first kappa shape index (κ1) is 23.2. The van der Waals surface area contributed by atoms with Gasteiger partial charge in [-0.2, -0.15) is 0 Å². The molecule has 0 unspecified atom stereocenters. The number of methoxy groups -OCH3 is 2. The Hall–Kier alpha value is -2.84. The van der Waals surface area contributed by atoms with Crippen LogP contribution in [-0.2, 0) is 28.7 Å². The second-order valence-electron chi connectivity index (χ2n) is 6.62. The van der Waals surface area contributed by atoms with Gasteiger partial charge in [-0.25, -0.2) is 0 Å². The number of ether oxygens (including phenoxy) is 2. The largest absolute Gasteiger partial charge is 0.469 e. The molecule has 0 aliphatic rings. The maximum atomic E-state index is 12.4. The minimum atomic E-state index is -0.629. The molecule has 0 radical (unpaired) electrons. The summed E-state index contributed by atoms with van der Waals surface area (Å²) in [4.78, 5) is 47.3. The van der Waals surface area contributed by atoms with Crippen molar-refractivity contribution in [3.05, 3.63) is 23.7 Å². The quantitative estimate of drug-likeness (QED) is 0.571. The molecule has 2 N–H and O–H groups in total. The lowest BCUT2D eigenvalue weighted by Crippen LogP contribution is -2.41. The van der Waals surface area contributed by atoms with Gasteiger partial charge in [0.25, 0.3) is 0 Å². The van der Waals surface area contributed by atoms with E-state index in [4.69, 9.17) is 4.42 Å². The average Bonchev–Trinajstić information content (AvgIpc) is 3.10. The maximum absolute atomic E-state index is 12.4. The van der Waals surface area contributed by atoms with Crippen molar-refractivity contribution in [1.82, 2.24) is 10.6 Å². The number of furan rings is 1. The van der Waals surface area contributed by atoms with Gasteiger partial charge in [-0.15, -0.1) is 0 Å². The van der Waals surface area contributed by atoms with Crippen molar-refractivity contribution in [1.29, 1.82) is 0 Å². The van der Waals surface area contributed by atoms with Crippen LogP contribution in [0.4, 0.5) is 0 Å². The van der Waals surface area contributed by atoms with E-state index in [0.29, 0.717) is 11.5 Å². The van der Waals surface area contributed by atoms with Crippen molar-refractivity contribution in [2.45, 2.75) is 39.7 Å². The molecule has 1 aromatic heterocycles. The second kappa shape index (κ2) is 11.1. The maximum Gasteiger partial charge on any atom is 0.306 e. The predicted molar refractivity (Wildman–Crippen MR) is 98.9 cm³/mol. The fourth-order valence-corrected chi connectivity index (χ4v) is 2.41. The smallest absolute Gasteiger partial charge is 0.306 e. The molecule has 9 nitrogen and oxygen atoms in total. The molecule has 28 heavy (non-hydrogen) atoms. The van der Waals surface area contributed by atoms with Gasteiger partial charge in [0.05, 0.1) is 27.1 Å². The summed E-state index contributed by atoms with van der Waals surface area (Å²) in [5, 5.41) is 5.48. The van der Waals surface area contributed by atoms with E-state index in [1.165, 1.54) is 14.2 Å².